The zero-order chi connectivity index (χ0) is 6.27. The summed E-state index contributed by atoms with van der Waals surface area (Å²) in [4.78, 5) is 0. The molecular weight excluding hydrogens is 120 g/mol. The van der Waals surface area contributed by atoms with Crippen LogP contribution < -0.4 is 0 Å². The third kappa shape index (κ3) is 0.764. The Kier molecular flexibility index (Phi) is 1.22. The molecule has 2 aliphatic heterocycles. The second-order valence-electron chi connectivity index (χ2n) is 2.59. The van der Waals surface area contributed by atoms with Crippen molar-refractivity contribution >= 4 is 0 Å². The van der Waals surface area contributed by atoms with E-state index < -0.39 is 6.29 Å². The molecule has 2 aliphatic rings. The number of rotatable bonds is 0. The van der Waals surface area contributed by atoms with Gasteiger partial charge in [0.25, 0.3) is 0 Å². The Hall–Kier alpha value is -0.120. The van der Waals surface area contributed by atoms with Crippen LogP contribution in [0.2, 0.25) is 0 Å². The van der Waals surface area contributed by atoms with Crippen molar-refractivity contribution < 1.29 is 14.6 Å². The first-order valence-corrected chi connectivity index (χ1v) is 3.29. The van der Waals surface area contributed by atoms with Crippen molar-refractivity contribution in [1.29, 1.82) is 0 Å². The monoisotopic (exact) mass is 130 g/mol. The van der Waals surface area contributed by atoms with E-state index in [9.17, 15) is 0 Å². The number of hydrogen-bond acceptors (Lipinski definition) is 3. The topological polar surface area (TPSA) is 38.7 Å². The number of ether oxygens (including phenoxy) is 2. The third-order valence-electron chi connectivity index (χ3n) is 2.06. The van der Waals surface area contributed by atoms with Crippen LogP contribution in [0.1, 0.15) is 6.42 Å². The Bertz CT molecular complexity index is 115. The van der Waals surface area contributed by atoms with Crippen molar-refractivity contribution in [2.75, 3.05) is 13.2 Å². The molecule has 2 fully saturated rings. The lowest BCUT2D eigenvalue weighted by molar-refractivity contribution is -0.0842. The van der Waals surface area contributed by atoms with Crippen molar-refractivity contribution in [2.24, 2.45) is 5.92 Å². The predicted molar refractivity (Wildman–Crippen MR) is 29.8 cm³/mol. The maximum atomic E-state index is 9.10. The predicted octanol–water partition coefficient (Wildman–Crippen LogP) is -0.260. The van der Waals surface area contributed by atoms with Gasteiger partial charge < -0.3 is 14.6 Å². The lowest BCUT2D eigenvalue weighted by atomic mass is 10.0. The molecule has 2 rings (SSSR count). The minimum absolute atomic E-state index is 0.181. The Balaban J connectivity index is 2.07. The molecule has 3 heteroatoms. The standard InChI is InChI=1S/C6H10O3/c7-6-4-1-2-8-5(4)3-9-6/h4-7H,1-3H2/t4-,5-,6+/m0/s1. The highest BCUT2D eigenvalue weighted by Gasteiger charge is 2.40. The van der Waals surface area contributed by atoms with E-state index in [-0.39, 0.29) is 12.0 Å². The summed E-state index contributed by atoms with van der Waals surface area (Å²) in [5.41, 5.74) is 0. The highest BCUT2D eigenvalue weighted by atomic mass is 16.6. The van der Waals surface area contributed by atoms with Gasteiger partial charge in [-0.25, -0.2) is 0 Å². The van der Waals surface area contributed by atoms with Crippen molar-refractivity contribution in [2.45, 2.75) is 18.8 Å². The van der Waals surface area contributed by atoms with E-state index in [4.69, 9.17) is 14.6 Å². The van der Waals surface area contributed by atoms with Crippen molar-refractivity contribution in [3.8, 4) is 0 Å². The van der Waals surface area contributed by atoms with Gasteiger partial charge in [-0.05, 0) is 6.42 Å². The maximum Gasteiger partial charge on any atom is 0.160 e. The molecule has 0 aromatic heterocycles. The van der Waals surface area contributed by atoms with E-state index in [2.05, 4.69) is 0 Å². The molecule has 0 aromatic rings. The van der Waals surface area contributed by atoms with Gasteiger partial charge in [0.2, 0.25) is 0 Å². The molecule has 2 heterocycles. The van der Waals surface area contributed by atoms with Gasteiger partial charge in [-0.3, -0.25) is 0 Å². The second kappa shape index (κ2) is 1.94. The fourth-order valence-corrected chi connectivity index (χ4v) is 1.48. The van der Waals surface area contributed by atoms with E-state index in [0.717, 1.165) is 13.0 Å². The molecule has 3 nitrogen and oxygen atoms in total. The first kappa shape index (κ1) is 5.65. The van der Waals surface area contributed by atoms with Gasteiger partial charge in [0.1, 0.15) is 0 Å². The third-order valence-corrected chi connectivity index (χ3v) is 2.06. The van der Waals surface area contributed by atoms with Crippen LogP contribution in [0.15, 0.2) is 0 Å². The second-order valence-corrected chi connectivity index (χ2v) is 2.59. The summed E-state index contributed by atoms with van der Waals surface area (Å²) < 4.78 is 10.2. The fraction of sp³-hybridized carbons (Fsp3) is 1.00. The van der Waals surface area contributed by atoms with Crippen LogP contribution in [-0.2, 0) is 9.47 Å². The molecular formula is C6H10O3. The molecule has 3 atom stereocenters. The van der Waals surface area contributed by atoms with E-state index in [0.29, 0.717) is 6.61 Å². The van der Waals surface area contributed by atoms with Gasteiger partial charge in [0, 0.05) is 12.5 Å². The SMILES string of the molecule is O[C@@H]1OC[C@@H]2OCC[C@H]12. The van der Waals surface area contributed by atoms with Crippen LogP contribution in [-0.4, -0.2) is 30.7 Å². The summed E-state index contributed by atoms with van der Waals surface area (Å²) in [7, 11) is 0. The number of fused-ring (bicyclic) bond motifs is 1. The highest BCUT2D eigenvalue weighted by molar-refractivity contribution is 4.82. The Morgan fingerprint density at radius 3 is 3.00 bits per heavy atom. The zero-order valence-corrected chi connectivity index (χ0v) is 5.12. The lowest BCUT2D eigenvalue weighted by Crippen LogP contribution is -2.18. The molecule has 0 amide bonds. The van der Waals surface area contributed by atoms with Crippen LogP contribution in [0.4, 0.5) is 0 Å². The largest absolute Gasteiger partial charge is 0.375 e. The summed E-state index contributed by atoms with van der Waals surface area (Å²) in [6.45, 7) is 1.36. The normalized spacial score (nSPS) is 49.7. The van der Waals surface area contributed by atoms with Crippen LogP contribution in [0, 0.1) is 5.92 Å². The van der Waals surface area contributed by atoms with Gasteiger partial charge in [0.05, 0.1) is 12.7 Å². The van der Waals surface area contributed by atoms with E-state index >= 15 is 0 Å². The summed E-state index contributed by atoms with van der Waals surface area (Å²) >= 11 is 0. The Morgan fingerprint density at radius 2 is 2.22 bits per heavy atom. The summed E-state index contributed by atoms with van der Waals surface area (Å²) in [5.74, 6) is 0.255. The number of aliphatic hydroxyl groups is 1. The van der Waals surface area contributed by atoms with Gasteiger partial charge in [0.15, 0.2) is 6.29 Å². The molecule has 0 unspecified atom stereocenters. The van der Waals surface area contributed by atoms with Crippen LogP contribution in [0.25, 0.3) is 0 Å². The summed E-state index contributed by atoms with van der Waals surface area (Å²) in [6.07, 6.45) is 0.573. The molecule has 0 saturated carbocycles. The molecule has 0 radical (unpaired) electrons. The smallest absolute Gasteiger partial charge is 0.160 e. The molecule has 1 N–H and O–H groups in total. The molecule has 0 aromatic carbocycles. The van der Waals surface area contributed by atoms with Crippen LogP contribution in [0.5, 0.6) is 0 Å². The highest BCUT2D eigenvalue weighted by Crippen LogP contribution is 2.30. The first-order chi connectivity index (χ1) is 4.38. The van der Waals surface area contributed by atoms with E-state index in [1.54, 1.807) is 0 Å². The number of hydrogen-bond donors (Lipinski definition) is 1. The Labute approximate surface area is 53.6 Å². The molecule has 0 aliphatic carbocycles. The quantitative estimate of drug-likeness (QED) is 0.491. The molecule has 0 bridgehead atoms. The van der Waals surface area contributed by atoms with E-state index in [1.165, 1.54) is 0 Å². The van der Waals surface area contributed by atoms with E-state index in [1.807, 2.05) is 0 Å². The Morgan fingerprint density at radius 1 is 1.33 bits per heavy atom. The van der Waals surface area contributed by atoms with Crippen molar-refractivity contribution in [1.82, 2.24) is 0 Å². The van der Waals surface area contributed by atoms with Crippen LogP contribution in [0.3, 0.4) is 0 Å². The molecule has 0 spiro atoms. The lowest BCUT2D eigenvalue weighted by Gasteiger charge is -2.06. The van der Waals surface area contributed by atoms with Crippen LogP contribution >= 0.6 is 0 Å². The zero-order valence-electron chi connectivity index (χ0n) is 5.12. The fourth-order valence-electron chi connectivity index (χ4n) is 1.48. The van der Waals surface area contributed by atoms with Gasteiger partial charge >= 0.3 is 0 Å². The molecule has 2 saturated heterocycles. The minimum Gasteiger partial charge on any atom is -0.375 e. The van der Waals surface area contributed by atoms with Gasteiger partial charge in [-0.1, -0.05) is 0 Å². The molecule has 9 heavy (non-hydrogen) atoms. The van der Waals surface area contributed by atoms with Crippen molar-refractivity contribution in [3.63, 3.8) is 0 Å². The number of aliphatic hydroxyl groups excluding tert-OH is 1. The maximum absolute atomic E-state index is 9.10. The average molecular weight is 130 g/mol. The summed E-state index contributed by atoms with van der Waals surface area (Å²) in [5, 5.41) is 9.10. The van der Waals surface area contributed by atoms with Gasteiger partial charge in [-0.2, -0.15) is 0 Å². The molecule has 52 valence electrons. The first-order valence-electron chi connectivity index (χ1n) is 3.29. The van der Waals surface area contributed by atoms with Crippen molar-refractivity contribution in [3.05, 3.63) is 0 Å². The minimum atomic E-state index is -0.558. The average Bonchev–Trinajstić information content (AvgIpc) is 2.35. The van der Waals surface area contributed by atoms with Gasteiger partial charge in [-0.15, -0.1) is 0 Å². The summed E-state index contributed by atoms with van der Waals surface area (Å²) in [6, 6.07) is 0.